The van der Waals surface area contributed by atoms with Crippen LogP contribution in [0.3, 0.4) is 0 Å². The van der Waals surface area contributed by atoms with Gasteiger partial charge >= 0.3 is 12.1 Å². The zero-order chi connectivity index (χ0) is 16.0. The number of phenolic OH excluding ortho intramolecular Hbond substituents is 1. The average molecular weight is 295 g/mol. The van der Waals surface area contributed by atoms with Crippen molar-refractivity contribution in [3.63, 3.8) is 0 Å². The topological polar surface area (TPSA) is 87.1 Å². The molecule has 1 aromatic rings. The van der Waals surface area contributed by atoms with Crippen LogP contribution in [0.15, 0.2) is 18.2 Å². The number of aromatic hydroxyl groups is 1. The van der Waals surface area contributed by atoms with E-state index in [1.165, 1.54) is 17.0 Å². The third-order valence-corrected chi connectivity index (χ3v) is 2.85. The fourth-order valence-electron chi connectivity index (χ4n) is 1.85. The predicted octanol–water partition coefficient (Wildman–Crippen LogP) is 2.39. The molecule has 0 aliphatic rings. The Morgan fingerprint density at radius 1 is 1.29 bits per heavy atom. The summed E-state index contributed by atoms with van der Waals surface area (Å²) in [6, 6.07) is 4.73. The standard InChI is InChI=1S/C15H21NO5/c1-10(2)21-15(20)16(3)9-12-4-6-13(17)8-11(12)5-7-14(18)19/h4,6,8,10,17H,5,7,9H2,1-3H3,(H,18,19). The maximum absolute atomic E-state index is 11.8. The first-order chi connectivity index (χ1) is 9.79. The normalized spacial score (nSPS) is 10.5. The van der Waals surface area contributed by atoms with Gasteiger partial charge in [0, 0.05) is 20.0 Å². The SMILES string of the molecule is CC(C)OC(=O)N(C)Cc1ccc(O)cc1CCC(=O)O. The fourth-order valence-corrected chi connectivity index (χ4v) is 1.85. The van der Waals surface area contributed by atoms with Gasteiger partial charge < -0.3 is 19.8 Å². The molecule has 1 amide bonds. The third-order valence-electron chi connectivity index (χ3n) is 2.85. The van der Waals surface area contributed by atoms with Crippen molar-refractivity contribution in [2.24, 2.45) is 0 Å². The number of hydrogen-bond acceptors (Lipinski definition) is 4. The van der Waals surface area contributed by atoms with E-state index in [-0.39, 0.29) is 18.3 Å². The van der Waals surface area contributed by atoms with Crippen molar-refractivity contribution in [3.05, 3.63) is 29.3 Å². The molecule has 21 heavy (non-hydrogen) atoms. The van der Waals surface area contributed by atoms with E-state index in [4.69, 9.17) is 9.84 Å². The number of hydrogen-bond donors (Lipinski definition) is 2. The molecule has 0 spiro atoms. The summed E-state index contributed by atoms with van der Waals surface area (Å²) in [6.45, 7) is 3.83. The molecule has 0 aromatic heterocycles. The predicted molar refractivity (Wildman–Crippen MR) is 77.1 cm³/mol. The van der Waals surface area contributed by atoms with Crippen LogP contribution in [0.4, 0.5) is 4.79 Å². The van der Waals surface area contributed by atoms with Crippen LogP contribution in [0, 0.1) is 0 Å². The van der Waals surface area contributed by atoms with Gasteiger partial charge in [-0.15, -0.1) is 0 Å². The van der Waals surface area contributed by atoms with Gasteiger partial charge in [-0.05, 0) is 43.5 Å². The lowest BCUT2D eigenvalue weighted by Gasteiger charge is -2.20. The summed E-state index contributed by atoms with van der Waals surface area (Å²) in [4.78, 5) is 23.8. The molecule has 2 N–H and O–H groups in total. The molecule has 0 fully saturated rings. The number of rotatable bonds is 6. The molecule has 0 heterocycles. The second-order valence-electron chi connectivity index (χ2n) is 5.14. The first kappa shape index (κ1) is 16.8. The highest BCUT2D eigenvalue weighted by Crippen LogP contribution is 2.20. The van der Waals surface area contributed by atoms with Gasteiger partial charge in [0.2, 0.25) is 0 Å². The summed E-state index contributed by atoms with van der Waals surface area (Å²) in [6.07, 6.45) is -0.378. The summed E-state index contributed by atoms with van der Waals surface area (Å²) in [5.74, 6) is -0.830. The Kier molecular flexibility index (Phi) is 6.02. The summed E-state index contributed by atoms with van der Waals surface area (Å²) in [7, 11) is 1.61. The van der Waals surface area contributed by atoms with E-state index in [0.29, 0.717) is 18.5 Å². The minimum absolute atomic E-state index is 0.0311. The van der Waals surface area contributed by atoms with Crippen molar-refractivity contribution >= 4 is 12.1 Å². The second kappa shape index (κ2) is 7.52. The summed E-state index contributed by atoms with van der Waals surface area (Å²) in [5, 5.41) is 18.3. The van der Waals surface area contributed by atoms with Crippen molar-refractivity contribution in [1.29, 1.82) is 0 Å². The zero-order valence-corrected chi connectivity index (χ0v) is 12.5. The number of carbonyl (C=O) groups excluding carboxylic acids is 1. The quantitative estimate of drug-likeness (QED) is 0.841. The molecule has 0 radical (unpaired) electrons. The van der Waals surface area contributed by atoms with Crippen molar-refractivity contribution in [3.8, 4) is 5.75 Å². The molecule has 6 heteroatoms. The molecule has 0 saturated heterocycles. The number of amides is 1. The number of carbonyl (C=O) groups is 2. The Labute approximate surface area is 124 Å². The smallest absolute Gasteiger partial charge is 0.410 e. The molecule has 0 unspecified atom stereocenters. The van der Waals surface area contributed by atoms with E-state index in [1.54, 1.807) is 27.0 Å². The Hall–Kier alpha value is -2.24. The van der Waals surface area contributed by atoms with Crippen LogP contribution in [0.1, 0.15) is 31.4 Å². The van der Waals surface area contributed by atoms with Gasteiger partial charge in [0.1, 0.15) is 5.75 Å². The Morgan fingerprint density at radius 2 is 1.95 bits per heavy atom. The Balaban J connectivity index is 2.81. The number of aliphatic carboxylic acids is 1. The van der Waals surface area contributed by atoms with Crippen LogP contribution in [-0.4, -0.2) is 40.3 Å². The number of carboxylic acids is 1. The number of ether oxygens (including phenoxy) is 1. The van der Waals surface area contributed by atoms with Crippen molar-refractivity contribution in [2.45, 2.75) is 39.3 Å². The highest BCUT2D eigenvalue weighted by atomic mass is 16.6. The largest absolute Gasteiger partial charge is 0.508 e. The van der Waals surface area contributed by atoms with Crippen LogP contribution in [-0.2, 0) is 22.5 Å². The zero-order valence-electron chi connectivity index (χ0n) is 12.5. The lowest BCUT2D eigenvalue weighted by molar-refractivity contribution is -0.136. The maximum atomic E-state index is 11.8. The van der Waals surface area contributed by atoms with E-state index in [0.717, 1.165) is 5.56 Å². The van der Waals surface area contributed by atoms with Gasteiger partial charge in [-0.2, -0.15) is 0 Å². The lowest BCUT2D eigenvalue weighted by Crippen LogP contribution is -2.29. The minimum atomic E-state index is -0.906. The van der Waals surface area contributed by atoms with Crippen molar-refractivity contribution < 1.29 is 24.5 Å². The number of nitrogens with zero attached hydrogens (tertiary/aromatic N) is 1. The Morgan fingerprint density at radius 3 is 2.52 bits per heavy atom. The summed E-state index contributed by atoms with van der Waals surface area (Å²) >= 11 is 0. The number of phenols is 1. The highest BCUT2D eigenvalue weighted by molar-refractivity contribution is 5.68. The number of aryl methyl sites for hydroxylation is 1. The number of carboxylic acid groups (broad SMARTS) is 1. The molecule has 0 atom stereocenters. The molecule has 116 valence electrons. The molecule has 1 rings (SSSR count). The minimum Gasteiger partial charge on any atom is -0.508 e. The van der Waals surface area contributed by atoms with Gasteiger partial charge in [0.25, 0.3) is 0 Å². The maximum Gasteiger partial charge on any atom is 0.410 e. The van der Waals surface area contributed by atoms with Crippen LogP contribution in [0.5, 0.6) is 5.75 Å². The molecule has 0 aliphatic heterocycles. The molecule has 0 aliphatic carbocycles. The molecule has 0 bridgehead atoms. The molecule has 1 aromatic carbocycles. The average Bonchev–Trinajstić information content (AvgIpc) is 2.37. The highest BCUT2D eigenvalue weighted by Gasteiger charge is 2.15. The van der Waals surface area contributed by atoms with Crippen LogP contribution in [0.2, 0.25) is 0 Å². The van der Waals surface area contributed by atoms with Crippen molar-refractivity contribution in [2.75, 3.05) is 7.05 Å². The summed E-state index contributed by atoms with van der Waals surface area (Å²) in [5.41, 5.74) is 1.50. The first-order valence-corrected chi connectivity index (χ1v) is 6.74. The van der Waals surface area contributed by atoms with E-state index >= 15 is 0 Å². The second-order valence-corrected chi connectivity index (χ2v) is 5.14. The van der Waals surface area contributed by atoms with Gasteiger partial charge in [-0.3, -0.25) is 4.79 Å². The van der Waals surface area contributed by atoms with Gasteiger partial charge in [0.15, 0.2) is 0 Å². The molecule has 0 saturated carbocycles. The molecular formula is C15H21NO5. The van der Waals surface area contributed by atoms with E-state index < -0.39 is 12.1 Å². The Bertz CT molecular complexity index is 513. The first-order valence-electron chi connectivity index (χ1n) is 6.74. The molecule has 6 nitrogen and oxygen atoms in total. The van der Waals surface area contributed by atoms with Crippen LogP contribution >= 0.6 is 0 Å². The van der Waals surface area contributed by atoms with Crippen LogP contribution in [0.25, 0.3) is 0 Å². The van der Waals surface area contributed by atoms with Crippen molar-refractivity contribution in [1.82, 2.24) is 4.90 Å². The van der Waals surface area contributed by atoms with E-state index in [2.05, 4.69) is 0 Å². The lowest BCUT2D eigenvalue weighted by atomic mass is 10.0. The van der Waals surface area contributed by atoms with Gasteiger partial charge in [-0.1, -0.05) is 6.07 Å². The molecular weight excluding hydrogens is 274 g/mol. The third kappa shape index (κ3) is 5.72. The summed E-state index contributed by atoms with van der Waals surface area (Å²) < 4.78 is 5.09. The van der Waals surface area contributed by atoms with Gasteiger partial charge in [-0.25, -0.2) is 4.79 Å². The van der Waals surface area contributed by atoms with E-state index in [1.807, 2.05) is 0 Å². The monoisotopic (exact) mass is 295 g/mol. The van der Waals surface area contributed by atoms with Crippen LogP contribution < -0.4 is 0 Å². The fraction of sp³-hybridized carbons (Fsp3) is 0.467. The van der Waals surface area contributed by atoms with E-state index in [9.17, 15) is 14.7 Å². The number of benzene rings is 1. The van der Waals surface area contributed by atoms with Gasteiger partial charge in [0.05, 0.1) is 6.10 Å².